The lowest BCUT2D eigenvalue weighted by Crippen LogP contribution is -2.17. The fraction of sp³-hybridized carbons (Fsp3) is 0.375. The van der Waals surface area contributed by atoms with Crippen LogP contribution in [0.25, 0.3) is 0 Å². The van der Waals surface area contributed by atoms with Crippen LogP contribution in [0.4, 0.5) is 0 Å². The van der Waals surface area contributed by atoms with Crippen LogP contribution in [0.2, 0.25) is 0 Å². The van der Waals surface area contributed by atoms with E-state index >= 15 is 0 Å². The monoisotopic (exact) mass is 350 g/mol. The minimum atomic E-state index is -0.134. The molecule has 1 aromatic heterocycles. The Kier molecular flexibility index (Phi) is 5.17. The van der Waals surface area contributed by atoms with Gasteiger partial charge in [0.1, 0.15) is 16.0 Å². The fourth-order valence-corrected chi connectivity index (χ4v) is 2.54. The molecule has 0 fully saturated rings. The standard InChI is InChI=1S/C16H19BrN2O2/c1-10(2)8-12-15(17)16(20)19-14(18-12)9-11-6-4-5-7-13(11)21-3/h4-7,10H,8-9H2,1-3H3,(H,18,19,20). The van der Waals surface area contributed by atoms with Crippen molar-refractivity contribution in [1.29, 1.82) is 0 Å². The molecule has 1 aromatic carbocycles. The van der Waals surface area contributed by atoms with Gasteiger partial charge in [0.05, 0.1) is 12.8 Å². The Morgan fingerprint density at radius 3 is 2.71 bits per heavy atom. The van der Waals surface area contributed by atoms with Crippen LogP contribution in [-0.2, 0) is 12.8 Å². The zero-order valence-electron chi connectivity index (χ0n) is 12.4. The van der Waals surface area contributed by atoms with Crippen LogP contribution < -0.4 is 10.3 Å². The van der Waals surface area contributed by atoms with E-state index in [2.05, 4.69) is 39.7 Å². The summed E-state index contributed by atoms with van der Waals surface area (Å²) in [5.41, 5.74) is 1.67. The Bertz CT molecular complexity index is 680. The van der Waals surface area contributed by atoms with Crippen molar-refractivity contribution in [3.8, 4) is 5.75 Å². The van der Waals surface area contributed by atoms with Gasteiger partial charge in [0.15, 0.2) is 0 Å². The summed E-state index contributed by atoms with van der Waals surface area (Å²) >= 11 is 3.33. The van der Waals surface area contributed by atoms with E-state index in [0.29, 0.717) is 22.6 Å². The van der Waals surface area contributed by atoms with Crippen LogP contribution in [0.5, 0.6) is 5.75 Å². The number of rotatable bonds is 5. The lowest BCUT2D eigenvalue weighted by atomic mass is 10.1. The van der Waals surface area contributed by atoms with Crippen molar-refractivity contribution >= 4 is 15.9 Å². The van der Waals surface area contributed by atoms with E-state index in [9.17, 15) is 4.79 Å². The Morgan fingerprint density at radius 1 is 1.33 bits per heavy atom. The fourth-order valence-electron chi connectivity index (χ4n) is 2.19. The predicted octanol–water partition coefficient (Wildman–Crippen LogP) is 3.33. The highest BCUT2D eigenvalue weighted by molar-refractivity contribution is 9.10. The van der Waals surface area contributed by atoms with Crippen molar-refractivity contribution in [2.75, 3.05) is 7.11 Å². The molecule has 1 N–H and O–H groups in total. The molecule has 1 heterocycles. The second kappa shape index (κ2) is 6.89. The molecule has 0 bridgehead atoms. The highest BCUT2D eigenvalue weighted by Gasteiger charge is 2.12. The summed E-state index contributed by atoms with van der Waals surface area (Å²) in [6, 6.07) is 7.75. The van der Waals surface area contributed by atoms with Crippen molar-refractivity contribution in [3.05, 3.63) is 56.2 Å². The van der Waals surface area contributed by atoms with Crippen molar-refractivity contribution in [3.63, 3.8) is 0 Å². The summed E-state index contributed by atoms with van der Waals surface area (Å²) in [5, 5.41) is 0. The van der Waals surface area contributed by atoms with Gasteiger partial charge in [0.2, 0.25) is 0 Å². The lowest BCUT2D eigenvalue weighted by molar-refractivity contribution is 0.410. The second-order valence-electron chi connectivity index (χ2n) is 5.36. The smallest absolute Gasteiger partial charge is 0.265 e. The van der Waals surface area contributed by atoms with Gasteiger partial charge in [0.25, 0.3) is 5.56 Å². The quantitative estimate of drug-likeness (QED) is 0.899. The number of aromatic amines is 1. The number of H-pyrrole nitrogens is 1. The predicted molar refractivity (Wildman–Crippen MR) is 86.9 cm³/mol. The zero-order valence-corrected chi connectivity index (χ0v) is 14.0. The van der Waals surface area contributed by atoms with Gasteiger partial charge >= 0.3 is 0 Å². The molecule has 112 valence electrons. The van der Waals surface area contributed by atoms with Crippen LogP contribution in [0.1, 0.15) is 30.9 Å². The van der Waals surface area contributed by atoms with Gasteiger partial charge < -0.3 is 9.72 Å². The average Bonchev–Trinajstić information content (AvgIpc) is 2.44. The second-order valence-corrected chi connectivity index (χ2v) is 6.15. The third-order valence-electron chi connectivity index (χ3n) is 3.13. The zero-order chi connectivity index (χ0) is 15.4. The average molecular weight is 351 g/mol. The maximum Gasteiger partial charge on any atom is 0.265 e. The molecule has 2 rings (SSSR count). The van der Waals surface area contributed by atoms with Crippen molar-refractivity contribution in [2.45, 2.75) is 26.7 Å². The Hall–Kier alpha value is -1.62. The number of para-hydroxylation sites is 1. The summed E-state index contributed by atoms with van der Waals surface area (Å²) in [6.45, 7) is 4.21. The number of ether oxygens (including phenoxy) is 1. The highest BCUT2D eigenvalue weighted by Crippen LogP contribution is 2.20. The third-order valence-corrected chi connectivity index (χ3v) is 3.95. The molecule has 0 radical (unpaired) electrons. The maximum atomic E-state index is 12.0. The molecule has 0 atom stereocenters. The number of nitrogens with zero attached hydrogens (tertiary/aromatic N) is 1. The van der Waals surface area contributed by atoms with Gasteiger partial charge in [-0.2, -0.15) is 0 Å². The lowest BCUT2D eigenvalue weighted by Gasteiger charge is -2.10. The molecule has 0 saturated carbocycles. The molecule has 4 nitrogen and oxygen atoms in total. The number of nitrogens with one attached hydrogen (secondary N) is 1. The first kappa shape index (κ1) is 15.8. The maximum absolute atomic E-state index is 12.0. The summed E-state index contributed by atoms with van der Waals surface area (Å²) in [5.74, 6) is 1.89. The number of hydrogen-bond acceptors (Lipinski definition) is 3. The van der Waals surface area contributed by atoms with Gasteiger partial charge in [-0.1, -0.05) is 32.0 Å². The molecule has 0 unspecified atom stereocenters. The van der Waals surface area contributed by atoms with Crippen LogP contribution in [0.3, 0.4) is 0 Å². The molecular formula is C16H19BrN2O2. The third kappa shape index (κ3) is 3.94. The molecule has 0 aliphatic rings. The summed E-state index contributed by atoms with van der Waals surface area (Å²) in [4.78, 5) is 19.4. The van der Waals surface area contributed by atoms with E-state index in [-0.39, 0.29) is 5.56 Å². The first-order valence-electron chi connectivity index (χ1n) is 6.90. The van der Waals surface area contributed by atoms with Crippen molar-refractivity contribution in [1.82, 2.24) is 9.97 Å². The van der Waals surface area contributed by atoms with E-state index in [1.807, 2.05) is 24.3 Å². The van der Waals surface area contributed by atoms with Gasteiger partial charge in [-0.05, 0) is 34.3 Å². The normalized spacial score (nSPS) is 10.9. The number of halogens is 1. The van der Waals surface area contributed by atoms with Gasteiger partial charge in [-0.15, -0.1) is 0 Å². The number of methoxy groups -OCH3 is 1. The molecule has 0 aliphatic carbocycles. The Balaban J connectivity index is 2.36. The van der Waals surface area contributed by atoms with Crippen LogP contribution in [0, 0.1) is 5.92 Å². The van der Waals surface area contributed by atoms with E-state index in [4.69, 9.17) is 4.74 Å². The molecule has 21 heavy (non-hydrogen) atoms. The van der Waals surface area contributed by atoms with Gasteiger partial charge in [0, 0.05) is 12.0 Å². The summed E-state index contributed by atoms with van der Waals surface area (Å²) < 4.78 is 5.87. The topological polar surface area (TPSA) is 55.0 Å². The molecule has 0 amide bonds. The van der Waals surface area contributed by atoms with Crippen molar-refractivity contribution < 1.29 is 4.74 Å². The molecule has 0 spiro atoms. The van der Waals surface area contributed by atoms with Gasteiger partial charge in [-0.3, -0.25) is 4.79 Å². The first-order chi connectivity index (χ1) is 10.0. The van der Waals surface area contributed by atoms with Crippen LogP contribution in [-0.4, -0.2) is 17.1 Å². The van der Waals surface area contributed by atoms with E-state index in [0.717, 1.165) is 23.4 Å². The van der Waals surface area contributed by atoms with E-state index in [1.54, 1.807) is 7.11 Å². The summed E-state index contributed by atoms with van der Waals surface area (Å²) in [6.07, 6.45) is 1.31. The molecule has 0 saturated heterocycles. The SMILES string of the molecule is COc1ccccc1Cc1nc(CC(C)C)c(Br)c(=O)[nH]1. The number of benzene rings is 1. The molecule has 0 aliphatic heterocycles. The van der Waals surface area contributed by atoms with Gasteiger partial charge in [-0.25, -0.2) is 4.98 Å². The minimum Gasteiger partial charge on any atom is -0.496 e. The van der Waals surface area contributed by atoms with Crippen LogP contribution in [0.15, 0.2) is 33.5 Å². The Morgan fingerprint density at radius 2 is 2.05 bits per heavy atom. The minimum absolute atomic E-state index is 0.134. The molecule has 2 aromatic rings. The van der Waals surface area contributed by atoms with Crippen LogP contribution >= 0.6 is 15.9 Å². The molecular weight excluding hydrogens is 332 g/mol. The highest BCUT2D eigenvalue weighted by atomic mass is 79.9. The largest absolute Gasteiger partial charge is 0.496 e. The first-order valence-corrected chi connectivity index (χ1v) is 7.70. The summed E-state index contributed by atoms with van der Waals surface area (Å²) in [7, 11) is 1.64. The van der Waals surface area contributed by atoms with E-state index < -0.39 is 0 Å². The molecule has 5 heteroatoms. The number of hydrogen-bond donors (Lipinski definition) is 1. The van der Waals surface area contributed by atoms with Crippen molar-refractivity contribution in [2.24, 2.45) is 5.92 Å². The number of aromatic nitrogens is 2. The Labute approximate surface area is 132 Å². The van der Waals surface area contributed by atoms with E-state index in [1.165, 1.54) is 0 Å².